The van der Waals surface area contributed by atoms with Crippen molar-refractivity contribution >= 4 is 11.0 Å². The molecule has 22 heavy (non-hydrogen) atoms. The van der Waals surface area contributed by atoms with Gasteiger partial charge < -0.3 is 4.98 Å². The van der Waals surface area contributed by atoms with Gasteiger partial charge in [-0.05, 0) is 18.9 Å². The smallest absolute Gasteiger partial charge is 0.141 e. The molecule has 0 aliphatic rings. The normalized spacial score (nSPS) is 12.8. The Morgan fingerprint density at radius 3 is 3.09 bits per heavy atom. The maximum atomic E-state index is 4.96. The van der Waals surface area contributed by atoms with Crippen LogP contribution in [0.25, 0.3) is 22.3 Å². The third-order valence-electron chi connectivity index (χ3n) is 3.73. The van der Waals surface area contributed by atoms with Crippen LogP contribution >= 0.6 is 0 Å². The first kappa shape index (κ1) is 14.7. The van der Waals surface area contributed by atoms with Crippen molar-refractivity contribution in [1.29, 1.82) is 0 Å². The first-order valence-corrected chi connectivity index (χ1v) is 7.31. The summed E-state index contributed by atoms with van der Waals surface area (Å²) in [4.78, 5) is 21.3. The van der Waals surface area contributed by atoms with Crippen molar-refractivity contribution < 1.29 is 9.78 Å². The van der Waals surface area contributed by atoms with Crippen molar-refractivity contribution in [3.05, 3.63) is 31.0 Å². The van der Waals surface area contributed by atoms with E-state index in [-0.39, 0.29) is 6.04 Å². The highest BCUT2D eigenvalue weighted by molar-refractivity contribution is 5.89. The topological polar surface area (TPSA) is 77.9 Å². The molecule has 3 aromatic rings. The van der Waals surface area contributed by atoms with Crippen LogP contribution in [0.4, 0.5) is 0 Å². The zero-order chi connectivity index (χ0) is 15.4. The summed E-state index contributed by atoms with van der Waals surface area (Å²) in [6.07, 6.45) is 9.11. The Hall–Kier alpha value is -2.25. The Labute approximate surface area is 128 Å². The van der Waals surface area contributed by atoms with Crippen molar-refractivity contribution in [2.75, 3.05) is 13.7 Å². The van der Waals surface area contributed by atoms with E-state index in [1.54, 1.807) is 6.33 Å². The standard InChI is InChI=1S/C15H19N5O2/c1-3-12(5-7-22-21-2)20-9-11(8-19-20)14-13-4-6-16-15(13)18-10-17-14/h4,6,8-10,12H,3,5,7H2,1-2H3,(H,16,17,18). The molecule has 7 heteroatoms. The number of nitrogens with zero attached hydrogens (tertiary/aromatic N) is 4. The van der Waals surface area contributed by atoms with E-state index in [1.807, 2.05) is 29.3 Å². The fraction of sp³-hybridized carbons (Fsp3) is 0.400. The average molecular weight is 301 g/mol. The van der Waals surface area contributed by atoms with Crippen LogP contribution in [0.15, 0.2) is 31.0 Å². The molecule has 7 nitrogen and oxygen atoms in total. The average Bonchev–Trinajstić information content (AvgIpc) is 3.20. The molecule has 1 atom stereocenters. The minimum atomic E-state index is 0.271. The fourth-order valence-electron chi connectivity index (χ4n) is 2.55. The van der Waals surface area contributed by atoms with E-state index >= 15 is 0 Å². The van der Waals surface area contributed by atoms with Crippen molar-refractivity contribution in [2.45, 2.75) is 25.8 Å². The molecule has 0 spiro atoms. The van der Waals surface area contributed by atoms with Gasteiger partial charge in [0.1, 0.15) is 12.0 Å². The molecule has 0 amide bonds. The van der Waals surface area contributed by atoms with E-state index in [4.69, 9.17) is 4.89 Å². The third kappa shape index (κ3) is 2.86. The van der Waals surface area contributed by atoms with Gasteiger partial charge in [0.25, 0.3) is 0 Å². The van der Waals surface area contributed by atoms with Crippen LogP contribution in [0.1, 0.15) is 25.8 Å². The van der Waals surface area contributed by atoms with Crippen LogP contribution < -0.4 is 0 Å². The second-order valence-corrected chi connectivity index (χ2v) is 5.01. The second kappa shape index (κ2) is 6.67. The summed E-state index contributed by atoms with van der Waals surface area (Å²) in [7, 11) is 1.52. The predicted octanol–water partition coefficient (Wildman–Crippen LogP) is 2.74. The highest BCUT2D eigenvalue weighted by atomic mass is 17.2. The fourth-order valence-corrected chi connectivity index (χ4v) is 2.55. The minimum Gasteiger partial charge on any atom is -0.346 e. The van der Waals surface area contributed by atoms with Crippen LogP contribution in [-0.4, -0.2) is 38.4 Å². The molecule has 1 unspecified atom stereocenters. The number of aromatic nitrogens is 5. The number of hydrogen-bond acceptors (Lipinski definition) is 5. The van der Waals surface area contributed by atoms with Gasteiger partial charge in [0.05, 0.1) is 31.6 Å². The van der Waals surface area contributed by atoms with E-state index in [2.05, 4.69) is 31.9 Å². The van der Waals surface area contributed by atoms with Crippen molar-refractivity contribution in [3.63, 3.8) is 0 Å². The lowest BCUT2D eigenvalue weighted by atomic mass is 10.1. The van der Waals surface area contributed by atoms with Crippen molar-refractivity contribution in [3.8, 4) is 11.3 Å². The van der Waals surface area contributed by atoms with Gasteiger partial charge in [-0.1, -0.05) is 6.92 Å². The largest absolute Gasteiger partial charge is 0.346 e. The van der Waals surface area contributed by atoms with Gasteiger partial charge in [0.15, 0.2) is 0 Å². The summed E-state index contributed by atoms with van der Waals surface area (Å²) in [5.41, 5.74) is 2.71. The summed E-state index contributed by atoms with van der Waals surface area (Å²) < 4.78 is 1.97. The SMILES string of the molecule is CCC(CCOOC)n1cc(-c2ncnc3[nH]ccc23)cn1. The van der Waals surface area contributed by atoms with Gasteiger partial charge in [-0.2, -0.15) is 5.10 Å². The summed E-state index contributed by atoms with van der Waals surface area (Å²) in [5.74, 6) is 0. The number of hydrogen-bond donors (Lipinski definition) is 1. The molecule has 0 saturated heterocycles. The molecule has 0 bridgehead atoms. The Morgan fingerprint density at radius 1 is 1.36 bits per heavy atom. The summed E-state index contributed by atoms with van der Waals surface area (Å²) >= 11 is 0. The van der Waals surface area contributed by atoms with Crippen LogP contribution in [0, 0.1) is 0 Å². The minimum absolute atomic E-state index is 0.271. The van der Waals surface area contributed by atoms with Crippen molar-refractivity contribution in [2.24, 2.45) is 0 Å². The Balaban J connectivity index is 1.85. The Kier molecular flexibility index (Phi) is 4.45. The highest BCUT2D eigenvalue weighted by Gasteiger charge is 2.14. The third-order valence-corrected chi connectivity index (χ3v) is 3.73. The Morgan fingerprint density at radius 2 is 2.27 bits per heavy atom. The molecule has 3 aromatic heterocycles. The number of H-pyrrole nitrogens is 1. The predicted molar refractivity (Wildman–Crippen MR) is 82.0 cm³/mol. The van der Waals surface area contributed by atoms with E-state index in [1.165, 1.54) is 7.11 Å². The number of rotatable bonds is 7. The molecular weight excluding hydrogens is 282 g/mol. The van der Waals surface area contributed by atoms with Crippen LogP contribution in [0.3, 0.4) is 0 Å². The molecule has 0 fully saturated rings. The van der Waals surface area contributed by atoms with E-state index in [0.717, 1.165) is 35.1 Å². The summed E-state index contributed by atoms with van der Waals surface area (Å²) in [6, 6.07) is 2.25. The van der Waals surface area contributed by atoms with Gasteiger partial charge in [-0.25, -0.2) is 19.7 Å². The van der Waals surface area contributed by atoms with E-state index in [0.29, 0.717) is 6.61 Å². The van der Waals surface area contributed by atoms with Gasteiger partial charge in [0.2, 0.25) is 0 Å². The first-order valence-electron chi connectivity index (χ1n) is 7.31. The van der Waals surface area contributed by atoms with Gasteiger partial charge in [-0.15, -0.1) is 0 Å². The molecule has 1 N–H and O–H groups in total. The quantitative estimate of drug-likeness (QED) is 0.412. The lowest BCUT2D eigenvalue weighted by molar-refractivity contribution is -0.273. The lowest BCUT2D eigenvalue weighted by Crippen LogP contribution is -2.11. The van der Waals surface area contributed by atoms with Crippen molar-refractivity contribution in [1.82, 2.24) is 24.7 Å². The second-order valence-electron chi connectivity index (χ2n) is 5.01. The molecule has 0 aromatic carbocycles. The summed E-state index contributed by atoms with van der Waals surface area (Å²) in [5, 5.41) is 5.48. The zero-order valence-corrected chi connectivity index (χ0v) is 12.7. The van der Waals surface area contributed by atoms with Gasteiger partial charge in [0, 0.05) is 23.3 Å². The van der Waals surface area contributed by atoms with Crippen LogP contribution in [0.2, 0.25) is 0 Å². The van der Waals surface area contributed by atoms with Gasteiger partial charge >= 0.3 is 0 Å². The molecule has 3 heterocycles. The molecule has 0 saturated carbocycles. The van der Waals surface area contributed by atoms with Gasteiger partial charge in [-0.3, -0.25) is 4.68 Å². The molecule has 3 rings (SSSR count). The number of nitrogens with one attached hydrogen (secondary N) is 1. The molecule has 0 aliphatic carbocycles. The van der Waals surface area contributed by atoms with Crippen LogP contribution in [0.5, 0.6) is 0 Å². The lowest BCUT2D eigenvalue weighted by Gasteiger charge is -2.14. The maximum absolute atomic E-state index is 4.96. The molecule has 116 valence electrons. The van der Waals surface area contributed by atoms with E-state index in [9.17, 15) is 0 Å². The molecule has 0 aliphatic heterocycles. The van der Waals surface area contributed by atoms with Crippen LogP contribution in [-0.2, 0) is 9.78 Å². The maximum Gasteiger partial charge on any atom is 0.141 e. The molecular formula is C15H19N5O2. The highest BCUT2D eigenvalue weighted by Crippen LogP contribution is 2.26. The monoisotopic (exact) mass is 301 g/mol. The first-order chi connectivity index (χ1) is 10.8. The number of aromatic amines is 1. The summed E-state index contributed by atoms with van der Waals surface area (Å²) in [6.45, 7) is 2.67. The number of fused-ring (bicyclic) bond motifs is 1. The molecule has 0 radical (unpaired) electrons. The van der Waals surface area contributed by atoms with E-state index < -0.39 is 0 Å². The Bertz CT molecular complexity index is 736. The zero-order valence-electron chi connectivity index (χ0n) is 12.7.